The average molecular weight is 435 g/mol. The second-order valence-corrected chi connectivity index (χ2v) is 8.64. The number of amides is 2. The monoisotopic (exact) mass is 435 g/mol. The molecule has 0 aromatic carbocycles. The van der Waals surface area contributed by atoms with E-state index >= 15 is 0 Å². The summed E-state index contributed by atoms with van der Waals surface area (Å²) in [5, 5.41) is 3.46. The summed E-state index contributed by atoms with van der Waals surface area (Å²) in [6.07, 6.45) is -1.95. The predicted molar refractivity (Wildman–Crippen MR) is 112 cm³/mol. The van der Waals surface area contributed by atoms with Crippen molar-refractivity contribution in [2.45, 2.75) is 45.5 Å². The number of nitrogens with one attached hydrogen (secondary N) is 1. The van der Waals surface area contributed by atoms with Crippen LogP contribution in [0.2, 0.25) is 0 Å². The highest BCUT2D eigenvalue weighted by Crippen LogP contribution is 2.40. The number of aryl methyl sites for hydroxylation is 1. The summed E-state index contributed by atoms with van der Waals surface area (Å²) in [7, 11) is 0. The Morgan fingerprint density at radius 1 is 1.26 bits per heavy atom. The highest BCUT2D eigenvalue weighted by atomic mass is 19.4. The Balaban J connectivity index is 1.33. The van der Waals surface area contributed by atoms with Crippen LogP contribution in [-0.2, 0) is 6.54 Å². The molecule has 0 bridgehead atoms. The van der Waals surface area contributed by atoms with Crippen molar-refractivity contribution < 1.29 is 18.0 Å². The van der Waals surface area contributed by atoms with E-state index in [-0.39, 0.29) is 18.6 Å². The summed E-state index contributed by atoms with van der Waals surface area (Å²) in [5.74, 6) is -2.28. The number of aromatic nitrogens is 1. The normalized spacial score (nSPS) is 26.4. The predicted octanol–water partition coefficient (Wildman–Crippen LogP) is 3.53. The van der Waals surface area contributed by atoms with Crippen LogP contribution in [0.1, 0.15) is 31.2 Å². The van der Waals surface area contributed by atoms with Crippen molar-refractivity contribution >= 4 is 12.2 Å². The summed E-state index contributed by atoms with van der Waals surface area (Å²) in [4.78, 5) is 25.1. The van der Waals surface area contributed by atoms with Crippen LogP contribution in [0.25, 0.3) is 0 Å². The number of carbonyl (C=O) groups is 1. The van der Waals surface area contributed by atoms with Crippen molar-refractivity contribution in [3.63, 3.8) is 0 Å². The molecule has 1 aromatic heterocycles. The van der Waals surface area contributed by atoms with Gasteiger partial charge in [0.25, 0.3) is 0 Å². The van der Waals surface area contributed by atoms with Crippen molar-refractivity contribution in [1.82, 2.24) is 20.1 Å². The number of urea groups is 1. The maximum absolute atomic E-state index is 13.3. The summed E-state index contributed by atoms with van der Waals surface area (Å²) >= 11 is 0. The van der Waals surface area contributed by atoms with E-state index in [0.29, 0.717) is 43.9 Å². The smallest absolute Gasteiger partial charge is 0.323 e. The number of nitrogens with zero attached hydrogens (tertiary/aromatic N) is 4. The van der Waals surface area contributed by atoms with E-state index in [4.69, 9.17) is 0 Å². The van der Waals surface area contributed by atoms with E-state index in [9.17, 15) is 18.0 Å². The number of rotatable bonds is 3. The second-order valence-electron chi connectivity index (χ2n) is 8.64. The fraction of sp³-hybridized carbons (Fsp3) is 0.591. The van der Waals surface area contributed by atoms with E-state index < -0.39 is 18.0 Å². The molecule has 0 saturated carbocycles. The molecule has 3 aliphatic heterocycles. The van der Waals surface area contributed by atoms with Crippen LogP contribution >= 0.6 is 0 Å². The maximum Gasteiger partial charge on any atom is 0.397 e. The van der Waals surface area contributed by atoms with E-state index in [1.165, 1.54) is 0 Å². The van der Waals surface area contributed by atoms with Gasteiger partial charge in [-0.1, -0.05) is 13.0 Å². The first-order valence-electron chi connectivity index (χ1n) is 10.7. The van der Waals surface area contributed by atoms with Gasteiger partial charge in [-0.25, -0.2) is 4.79 Å². The molecule has 9 heteroatoms. The Morgan fingerprint density at radius 3 is 2.81 bits per heavy atom. The first-order valence-corrected chi connectivity index (χ1v) is 10.7. The van der Waals surface area contributed by atoms with Gasteiger partial charge in [-0.15, -0.1) is 0 Å². The van der Waals surface area contributed by atoms with Crippen LogP contribution in [0.15, 0.2) is 34.5 Å². The molecule has 6 nitrogen and oxygen atoms in total. The fourth-order valence-electron chi connectivity index (χ4n) is 4.63. The lowest BCUT2D eigenvalue weighted by atomic mass is 9.82. The van der Waals surface area contributed by atoms with E-state index in [1.807, 2.05) is 25.1 Å². The van der Waals surface area contributed by atoms with Crippen molar-refractivity contribution in [2.24, 2.45) is 16.8 Å². The molecular formula is C22H28F3N5O. The number of pyridine rings is 1. The zero-order valence-corrected chi connectivity index (χ0v) is 17.8. The van der Waals surface area contributed by atoms with Gasteiger partial charge in [-0.05, 0) is 37.0 Å². The highest BCUT2D eigenvalue weighted by Gasteiger charge is 2.46. The molecule has 0 spiro atoms. The molecule has 1 saturated heterocycles. The molecular weight excluding hydrogens is 407 g/mol. The Labute approximate surface area is 180 Å². The van der Waals surface area contributed by atoms with Gasteiger partial charge in [0.2, 0.25) is 0 Å². The molecule has 4 rings (SSSR count). The van der Waals surface area contributed by atoms with Crippen molar-refractivity contribution in [1.29, 1.82) is 0 Å². The molecule has 1 N–H and O–H groups in total. The van der Waals surface area contributed by atoms with Gasteiger partial charge in [0.15, 0.2) is 0 Å². The Hall–Kier alpha value is -2.42. The molecule has 1 fully saturated rings. The largest absolute Gasteiger partial charge is 0.397 e. The molecule has 3 unspecified atom stereocenters. The van der Waals surface area contributed by atoms with Crippen LogP contribution in [0, 0.1) is 18.8 Å². The van der Waals surface area contributed by atoms with E-state index in [0.717, 1.165) is 24.0 Å². The van der Waals surface area contributed by atoms with Gasteiger partial charge in [0.05, 0.1) is 11.6 Å². The van der Waals surface area contributed by atoms with E-state index in [1.54, 1.807) is 16.7 Å². The lowest BCUT2D eigenvalue weighted by Crippen LogP contribution is -2.48. The Kier molecular flexibility index (Phi) is 6.05. The number of hydrogen-bond acceptors (Lipinski definition) is 4. The number of likely N-dealkylation sites (tertiary alicyclic amines) is 1. The molecule has 3 atom stereocenters. The Bertz CT molecular complexity index is 897. The quantitative estimate of drug-likeness (QED) is 0.790. The van der Waals surface area contributed by atoms with Gasteiger partial charge >= 0.3 is 12.2 Å². The third kappa shape index (κ3) is 4.76. The van der Waals surface area contributed by atoms with Crippen molar-refractivity contribution in [3.8, 4) is 0 Å². The van der Waals surface area contributed by atoms with Gasteiger partial charge in [-0.3, -0.25) is 9.98 Å². The van der Waals surface area contributed by atoms with Gasteiger partial charge < -0.3 is 15.1 Å². The summed E-state index contributed by atoms with van der Waals surface area (Å²) in [6.45, 7) is 6.12. The van der Waals surface area contributed by atoms with Crippen molar-refractivity contribution in [3.05, 3.63) is 40.9 Å². The summed E-state index contributed by atoms with van der Waals surface area (Å²) < 4.78 is 39.9. The lowest BCUT2D eigenvalue weighted by Gasteiger charge is -2.38. The number of alkyl halides is 3. The average Bonchev–Trinajstić information content (AvgIpc) is 3.20. The number of carbonyl (C=O) groups excluding carboxylic acids is 1. The molecule has 168 valence electrons. The van der Waals surface area contributed by atoms with Gasteiger partial charge in [0.1, 0.15) is 0 Å². The molecule has 2 amide bonds. The van der Waals surface area contributed by atoms with E-state index in [2.05, 4.69) is 15.3 Å². The van der Waals surface area contributed by atoms with Crippen LogP contribution in [0.3, 0.4) is 0 Å². The van der Waals surface area contributed by atoms with Crippen LogP contribution in [-0.4, -0.2) is 65.4 Å². The third-order valence-electron chi connectivity index (χ3n) is 6.45. The summed E-state index contributed by atoms with van der Waals surface area (Å²) in [6, 6.07) is 5.98. The highest BCUT2D eigenvalue weighted by molar-refractivity contribution is 5.76. The standard InChI is InChI=1S/C22H28F3N5O/c1-14-4-3-5-16(28-14)10-26-17-6-8-29(12-17)21(31)30-9-7-20-18(13-30)15(2)19(11-27-20)22(23,24)25/h3-5,11,15,17,19,26H,6-10,12-13H2,1-2H3. The van der Waals surface area contributed by atoms with Gasteiger partial charge in [0, 0.05) is 62.8 Å². The minimum Gasteiger partial charge on any atom is -0.323 e. The molecule has 3 aliphatic rings. The zero-order chi connectivity index (χ0) is 22.2. The molecule has 0 radical (unpaired) electrons. The molecule has 0 aliphatic carbocycles. The third-order valence-corrected chi connectivity index (χ3v) is 6.45. The SMILES string of the molecule is Cc1cccc(CNC2CCN(C(=O)N3CCC4=C(C3)C(C)C(C(F)(F)F)C=N4)C2)n1. The molecule has 1 aromatic rings. The lowest BCUT2D eigenvalue weighted by molar-refractivity contribution is -0.162. The minimum atomic E-state index is -4.33. The first-order chi connectivity index (χ1) is 14.7. The topological polar surface area (TPSA) is 60.8 Å². The fourth-order valence-corrected chi connectivity index (χ4v) is 4.63. The maximum atomic E-state index is 13.3. The first kappa shape index (κ1) is 21.8. The van der Waals surface area contributed by atoms with Gasteiger partial charge in [-0.2, -0.15) is 13.2 Å². The Morgan fingerprint density at radius 2 is 2.06 bits per heavy atom. The minimum absolute atomic E-state index is 0.102. The molecule has 4 heterocycles. The zero-order valence-electron chi connectivity index (χ0n) is 17.8. The van der Waals surface area contributed by atoms with Crippen LogP contribution in [0.4, 0.5) is 18.0 Å². The summed E-state index contributed by atoms with van der Waals surface area (Å²) in [5.41, 5.74) is 3.29. The number of halogens is 3. The second kappa shape index (κ2) is 8.61. The van der Waals surface area contributed by atoms with Crippen LogP contribution < -0.4 is 5.32 Å². The molecule has 31 heavy (non-hydrogen) atoms. The number of hydrogen-bond donors (Lipinski definition) is 1. The number of aliphatic imine (C=N–C) groups is 1. The van der Waals surface area contributed by atoms with Crippen LogP contribution in [0.5, 0.6) is 0 Å². The van der Waals surface area contributed by atoms with Crippen molar-refractivity contribution in [2.75, 3.05) is 26.2 Å².